The zero-order chi connectivity index (χ0) is 12.1. The van der Waals surface area contributed by atoms with Crippen LogP contribution in [0.25, 0.3) is 0 Å². The largest absolute Gasteiger partial charge is 0.339 e. The van der Waals surface area contributed by atoms with Crippen LogP contribution in [0, 0.1) is 18.3 Å². The highest BCUT2D eigenvalue weighted by atomic mass is 32.1. The molecule has 0 atom stereocenters. The molecule has 0 unspecified atom stereocenters. The van der Waals surface area contributed by atoms with E-state index in [0.717, 1.165) is 17.1 Å². The Labute approximate surface area is 103 Å². The number of rotatable bonds is 5. The second-order valence-corrected chi connectivity index (χ2v) is 4.71. The lowest BCUT2D eigenvalue weighted by molar-refractivity contribution is 0.371. The van der Waals surface area contributed by atoms with Gasteiger partial charge < -0.3 is 4.52 Å². The summed E-state index contributed by atoms with van der Waals surface area (Å²) in [5.74, 6) is 1.25. The van der Waals surface area contributed by atoms with Gasteiger partial charge in [0.2, 0.25) is 5.89 Å². The Balaban J connectivity index is 1.92. The molecule has 2 aromatic rings. The molecule has 2 heterocycles. The molecule has 0 aliphatic heterocycles. The van der Waals surface area contributed by atoms with Crippen molar-refractivity contribution in [2.45, 2.75) is 32.6 Å². The molecule has 0 saturated carbocycles. The fourth-order valence-electron chi connectivity index (χ4n) is 1.43. The van der Waals surface area contributed by atoms with Crippen molar-refractivity contribution in [3.8, 4) is 6.07 Å². The van der Waals surface area contributed by atoms with Crippen LogP contribution in [0.15, 0.2) is 9.90 Å². The molecule has 0 aliphatic rings. The molecule has 2 aromatic heterocycles. The number of unbranched alkanes of at least 4 members (excludes halogenated alkanes) is 1. The van der Waals surface area contributed by atoms with E-state index in [1.807, 2.05) is 12.3 Å². The highest BCUT2D eigenvalue weighted by Gasteiger charge is 2.08. The van der Waals surface area contributed by atoms with Crippen LogP contribution in [0.3, 0.4) is 0 Å². The fourth-order valence-corrected chi connectivity index (χ4v) is 2.05. The van der Waals surface area contributed by atoms with Crippen LogP contribution >= 0.6 is 11.3 Å². The first-order valence-electron chi connectivity index (χ1n) is 5.37. The van der Waals surface area contributed by atoms with Gasteiger partial charge in [0.25, 0.3) is 0 Å². The molecule has 0 aliphatic carbocycles. The van der Waals surface area contributed by atoms with E-state index in [9.17, 15) is 0 Å². The molecule has 0 N–H and O–H groups in total. The van der Waals surface area contributed by atoms with E-state index < -0.39 is 0 Å². The van der Waals surface area contributed by atoms with Crippen molar-refractivity contribution in [1.29, 1.82) is 5.26 Å². The first-order valence-corrected chi connectivity index (χ1v) is 6.25. The number of hydrogen-bond acceptors (Lipinski definition) is 6. The van der Waals surface area contributed by atoms with Crippen LogP contribution in [-0.4, -0.2) is 15.1 Å². The van der Waals surface area contributed by atoms with Crippen molar-refractivity contribution in [2.24, 2.45) is 0 Å². The molecule has 0 bridgehead atoms. The Bertz CT molecular complexity index is 526. The minimum absolute atomic E-state index is 0.517. The lowest BCUT2D eigenvalue weighted by atomic mass is 10.2. The van der Waals surface area contributed by atoms with Gasteiger partial charge in [0.15, 0.2) is 5.82 Å². The van der Waals surface area contributed by atoms with E-state index in [4.69, 9.17) is 9.78 Å². The molecule has 6 heteroatoms. The summed E-state index contributed by atoms with van der Waals surface area (Å²) in [6, 6.07) is 2.09. The molecule has 17 heavy (non-hydrogen) atoms. The normalized spacial score (nSPS) is 10.4. The van der Waals surface area contributed by atoms with E-state index in [1.54, 1.807) is 11.3 Å². The smallest absolute Gasteiger partial charge is 0.226 e. The molecule has 5 nitrogen and oxygen atoms in total. The summed E-state index contributed by atoms with van der Waals surface area (Å²) < 4.78 is 5.10. The van der Waals surface area contributed by atoms with Gasteiger partial charge >= 0.3 is 0 Å². The molecular formula is C11H12N4OS. The van der Waals surface area contributed by atoms with Crippen LogP contribution < -0.4 is 0 Å². The van der Waals surface area contributed by atoms with Crippen LogP contribution in [-0.2, 0) is 12.8 Å². The van der Waals surface area contributed by atoms with Crippen LogP contribution in [0.2, 0.25) is 0 Å². The van der Waals surface area contributed by atoms with E-state index >= 15 is 0 Å². The molecule has 0 amide bonds. The van der Waals surface area contributed by atoms with E-state index in [0.29, 0.717) is 31.0 Å². The van der Waals surface area contributed by atoms with Gasteiger partial charge in [-0.3, -0.25) is 0 Å². The number of aryl methyl sites for hydroxylation is 2. The number of aromatic nitrogens is 3. The lowest BCUT2D eigenvalue weighted by Crippen LogP contribution is -1.92. The Morgan fingerprint density at radius 2 is 2.35 bits per heavy atom. The highest BCUT2D eigenvalue weighted by molar-refractivity contribution is 7.09. The summed E-state index contributed by atoms with van der Waals surface area (Å²) in [7, 11) is 0. The third-order valence-electron chi connectivity index (χ3n) is 2.20. The fraction of sp³-hybridized carbons (Fsp3) is 0.455. The first kappa shape index (κ1) is 11.7. The number of nitrogens with zero attached hydrogens (tertiary/aromatic N) is 4. The van der Waals surface area contributed by atoms with Gasteiger partial charge in [-0.2, -0.15) is 10.2 Å². The van der Waals surface area contributed by atoms with Gasteiger partial charge in [0.1, 0.15) is 0 Å². The molecule has 0 aromatic carbocycles. The van der Waals surface area contributed by atoms with Crippen LogP contribution in [0.4, 0.5) is 0 Å². The summed E-state index contributed by atoms with van der Waals surface area (Å²) in [5, 5.41) is 15.4. The molecule has 0 fully saturated rings. The maximum atomic E-state index is 8.42. The Morgan fingerprint density at radius 1 is 1.47 bits per heavy atom. The minimum Gasteiger partial charge on any atom is -0.339 e. The standard InChI is InChI=1S/C11H12N4OS/c1-8-13-9(7-17-8)6-10-14-11(16-15-10)4-2-3-5-12/h7H,2-4,6H2,1H3. The second-order valence-electron chi connectivity index (χ2n) is 3.65. The predicted octanol–water partition coefficient (Wildman–Crippen LogP) is 2.27. The van der Waals surface area contributed by atoms with Crippen molar-refractivity contribution in [2.75, 3.05) is 0 Å². The van der Waals surface area contributed by atoms with Gasteiger partial charge in [-0.25, -0.2) is 4.98 Å². The van der Waals surface area contributed by atoms with Crippen LogP contribution in [0.5, 0.6) is 0 Å². The average molecular weight is 248 g/mol. The van der Waals surface area contributed by atoms with E-state index in [1.165, 1.54) is 0 Å². The monoisotopic (exact) mass is 248 g/mol. The summed E-state index contributed by atoms with van der Waals surface area (Å²) in [6.45, 7) is 1.97. The lowest BCUT2D eigenvalue weighted by Gasteiger charge is -1.88. The Kier molecular flexibility index (Phi) is 3.83. The second kappa shape index (κ2) is 5.55. The van der Waals surface area contributed by atoms with Crippen molar-refractivity contribution < 1.29 is 4.52 Å². The third kappa shape index (κ3) is 3.36. The SMILES string of the molecule is Cc1nc(Cc2noc(CCCC#N)n2)cs1. The van der Waals surface area contributed by atoms with Crippen molar-refractivity contribution in [1.82, 2.24) is 15.1 Å². The molecule has 0 spiro atoms. The summed E-state index contributed by atoms with van der Waals surface area (Å²) in [4.78, 5) is 8.61. The zero-order valence-corrected chi connectivity index (χ0v) is 10.3. The van der Waals surface area contributed by atoms with E-state index in [-0.39, 0.29) is 0 Å². The summed E-state index contributed by atoms with van der Waals surface area (Å²) in [5.41, 5.74) is 0.969. The van der Waals surface area contributed by atoms with E-state index in [2.05, 4.69) is 21.2 Å². The number of thiazole rings is 1. The maximum absolute atomic E-state index is 8.42. The Hall–Kier alpha value is -1.74. The topological polar surface area (TPSA) is 75.6 Å². The number of hydrogen-bond donors (Lipinski definition) is 0. The third-order valence-corrected chi connectivity index (χ3v) is 3.02. The van der Waals surface area contributed by atoms with Crippen molar-refractivity contribution >= 4 is 11.3 Å². The van der Waals surface area contributed by atoms with Crippen molar-refractivity contribution in [3.05, 3.63) is 27.8 Å². The van der Waals surface area contributed by atoms with Gasteiger partial charge in [-0.15, -0.1) is 11.3 Å². The quantitative estimate of drug-likeness (QED) is 0.759. The molecule has 0 radical (unpaired) electrons. The predicted molar refractivity (Wildman–Crippen MR) is 62.5 cm³/mol. The maximum Gasteiger partial charge on any atom is 0.226 e. The first-order chi connectivity index (χ1) is 8.28. The number of nitriles is 1. The summed E-state index contributed by atoms with van der Waals surface area (Å²) in [6.07, 6.45) is 2.54. The highest BCUT2D eigenvalue weighted by Crippen LogP contribution is 2.12. The van der Waals surface area contributed by atoms with Gasteiger partial charge in [-0.1, -0.05) is 5.16 Å². The van der Waals surface area contributed by atoms with Gasteiger partial charge in [0.05, 0.1) is 23.2 Å². The minimum atomic E-state index is 0.517. The van der Waals surface area contributed by atoms with Crippen molar-refractivity contribution in [3.63, 3.8) is 0 Å². The van der Waals surface area contributed by atoms with Gasteiger partial charge in [0, 0.05) is 18.2 Å². The van der Waals surface area contributed by atoms with Crippen LogP contribution in [0.1, 0.15) is 35.3 Å². The molecule has 2 rings (SSSR count). The molecular weight excluding hydrogens is 236 g/mol. The summed E-state index contributed by atoms with van der Waals surface area (Å²) >= 11 is 1.61. The Morgan fingerprint density at radius 3 is 3.06 bits per heavy atom. The molecule has 88 valence electrons. The van der Waals surface area contributed by atoms with Gasteiger partial charge in [-0.05, 0) is 13.3 Å². The average Bonchev–Trinajstić information content (AvgIpc) is 2.90. The molecule has 0 saturated heterocycles. The zero-order valence-electron chi connectivity index (χ0n) is 9.51.